The number of benzene rings is 2. The van der Waals surface area contributed by atoms with E-state index in [0.717, 1.165) is 16.0 Å². The summed E-state index contributed by atoms with van der Waals surface area (Å²) in [7, 11) is 0. The van der Waals surface area contributed by atoms with E-state index in [1.807, 2.05) is 32.0 Å². The zero-order valence-corrected chi connectivity index (χ0v) is 15.6. The second kappa shape index (κ2) is 8.27. The van der Waals surface area contributed by atoms with Gasteiger partial charge in [-0.3, -0.25) is 9.59 Å². The van der Waals surface area contributed by atoms with Gasteiger partial charge in [-0.15, -0.1) is 11.8 Å². The maximum Gasteiger partial charge on any atom is 0.316 e. The summed E-state index contributed by atoms with van der Waals surface area (Å²) >= 11 is 1.41. The summed E-state index contributed by atoms with van der Waals surface area (Å²) in [5.41, 5.74) is 2.69. The molecule has 6 heteroatoms. The molecule has 2 aromatic rings. The summed E-state index contributed by atoms with van der Waals surface area (Å²) in [4.78, 5) is 25.2. The van der Waals surface area contributed by atoms with Crippen molar-refractivity contribution in [3.63, 3.8) is 0 Å². The van der Waals surface area contributed by atoms with Gasteiger partial charge in [0, 0.05) is 10.5 Å². The third-order valence-corrected chi connectivity index (χ3v) is 5.05. The molecule has 0 unspecified atom stereocenters. The second-order valence-electron chi connectivity index (χ2n) is 6.00. The van der Waals surface area contributed by atoms with Gasteiger partial charge in [0.25, 0.3) is 0 Å². The Labute approximate surface area is 156 Å². The van der Waals surface area contributed by atoms with E-state index in [-0.39, 0.29) is 18.1 Å². The summed E-state index contributed by atoms with van der Waals surface area (Å²) in [6.45, 7) is 4.67. The first-order chi connectivity index (χ1) is 12.5. The van der Waals surface area contributed by atoms with Gasteiger partial charge in [0.2, 0.25) is 0 Å². The van der Waals surface area contributed by atoms with Crippen LogP contribution >= 0.6 is 11.8 Å². The van der Waals surface area contributed by atoms with Gasteiger partial charge in [0.15, 0.2) is 23.9 Å². The number of carbonyl (C=O) groups is 2. The molecule has 0 fully saturated rings. The molecule has 136 valence electrons. The molecule has 5 nitrogen and oxygen atoms in total. The van der Waals surface area contributed by atoms with E-state index in [1.165, 1.54) is 11.8 Å². The highest BCUT2D eigenvalue weighted by molar-refractivity contribution is 8.00. The van der Waals surface area contributed by atoms with E-state index >= 15 is 0 Å². The Kier molecular flexibility index (Phi) is 5.83. The minimum atomic E-state index is -0.415. The summed E-state index contributed by atoms with van der Waals surface area (Å²) in [5, 5.41) is 0. The number of Topliss-reactive ketones (excluding diaryl/α,β-unsaturated/α-hetero) is 1. The van der Waals surface area contributed by atoms with Gasteiger partial charge >= 0.3 is 5.97 Å². The van der Waals surface area contributed by atoms with Gasteiger partial charge in [0.1, 0.15) is 13.2 Å². The molecule has 0 radical (unpaired) electrons. The highest BCUT2D eigenvalue weighted by atomic mass is 32.2. The van der Waals surface area contributed by atoms with E-state index in [0.29, 0.717) is 30.3 Å². The van der Waals surface area contributed by atoms with Crippen molar-refractivity contribution in [1.82, 2.24) is 0 Å². The Morgan fingerprint density at radius 3 is 2.62 bits per heavy atom. The van der Waals surface area contributed by atoms with Crippen molar-refractivity contribution in [2.24, 2.45) is 0 Å². The Balaban J connectivity index is 1.51. The van der Waals surface area contributed by atoms with Crippen LogP contribution in [0.4, 0.5) is 0 Å². The van der Waals surface area contributed by atoms with Crippen molar-refractivity contribution in [3.8, 4) is 11.5 Å². The molecule has 1 aliphatic heterocycles. The van der Waals surface area contributed by atoms with Gasteiger partial charge in [-0.25, -0.2) is 0 Å². The molecule has 0 atom stereocenters. The van der Waals surface area contributed by atoms with E-state index < -0.39 is 5.97 Å². The molecule has 0 amide bonds. The fourth-order valence-corrected chi connectivity index (χ4v) is 3.41. The molecule has 0 aliphatic carbocycles. The number of rotatable bonds is 6. The Hall–Kier alpha value is -2.47. The van der Waals surface area contributed by atoms with Gasteiger partial charge in [0.05, 0.1) is 5.75 Å². The predicted octanol–water partition coefficient (Wildman–Crippen LogP) is 3.59. The van der Waals surface area contributed by atoms with Crippen LogP contribution < -0.4 is 9.47 Å². The maximum atomic E-state index is 12.2. The van der Waals surface area contributed by atoms with Crippen LogP contribution in [0.1, 0.15) is 21.5 Å². The largest absolute Gasteiger partial charge is 0.486 e. The van der Waals surface area contributed by atoms with Crippen LogP contribution in [0.3, 0.4) is 0 Å². The Morgan fingerprint density at radius 2 is 1.81 bits per heavy atom. The van der Waals surface area contributed by atoms with Crippen LogP contribution in [-0.2, 0) is 9.53 Å². The molecule has 2 aromatic carbocycles. The van der Waals surface area contributed by atoms with Gasteiger partial charge in [-0.2, -0.15) is 0 Å². The highest BCUT2D eigenvalue weighted by Gasteiger charge is 2.16. The molecule has 3 rings (SSSR count). The number of esters is 1. The predicted molar refractivity (Wildman–Crippen MR) is 99.4 cm³/mol. The standard InChI is InChI=1S/C20H20O5S/c1-13-3-4-14(2)19(9-13)26-12-20(22)25-11-16(21)15-5-6-17-18(10-15)24-8-7-23-17/h3-6,9-10H,7-8,11-12H2,1-2H3. The molecule has 0 N–H and O–H groups in total. The molecular weight excluding hydrogens is 352 g/mol. The molecule has 0 aromatic heterocycles. The SMILES string of the molecule is Cc1ccc(C)c(SCC(=O)OCC(=O)c2ccc3c(c2)OCCO3)c1. The van der Waals surface area contributed by atoms with E-state index in [9.17, 15) is 9.59 Å². The monoisotopic (exact) mass is 372 g/mol. The van der Waals surface area contributed by atoms with Crippen molar-refractivity contribution < 1.29 is 23.8 Å². The summed E-state index contributed by atoms with van der Waals surface area (Å²) in [5.74, 6) is 0.640. The third-order valence-electron chi connectivity index (χ3n) is 3.92. The Bertz CT molecular complexity index is 831. The van der Waals surface area contributed by atoms with Crippen LogP contribution in [0.5, 0.6) is 11.5 Å². The minimum absolute atomic E-state index is 0.165. The van der Waals surface area contributed by atoms with E-state index in [4.69, 9.17) is 14.2 Å². The second-order valence-corrected chi connectivity index (χ2v) is 7.02. The molecule has 1 heterocycles. The first-order valence-corrected chi connectivity index (χ1v) is 9.30. The number of aryl methyl sites for hydroxylation is 2. The molecule has 0 saturated heterocycles. The molecule has 0 spiro atoms. The summed E-state index contributed by atoms with van der Waals surface area (Å²) < 4.78 is 16.0. The van der Waals surface area contributed by atoms with Crippen molar-refractivity contribution >= 4 is 23.5 Å². The minimum Gasteiger partial charge on any atom is -0.486 e. The smallest absolute Gasteiger partial charge is 0.316 e. The number of ketones is 1. The molecule has 1 aliphatic rings. The topological polar surface area (TPSA) is 61.8 Å². The molecule has 0 bridgehead atoms. The lowest BCUT2D eigenvalue weighted by Crippen LogP contribution is -2.18. The lowest BCUT2D eigenvalue weighted by molar-refractivity contribution is -0.139. The van der Waals surface area contributed by atoms with E-state index in [2.05, 4.69) is 0 Å². The van der Waals surface area contributed by atoms with Crippen molar-refractivity contribution in [2.75, 3.05) is 25.6 Å². The normalized spacial score (nSPS) is 12.5. The van der Waals surface area contributed by atoms with Crippen molar-refractivity contribution in [3.05, 3.63) is 53.1 Å². The number of carbonyl (C=O) groups excluding carboxylic acids is 2. The quantitative estimate of drug-likeness (QED) is 0.439. The molecular formula is C20H20O5S. The number of hydrogen-bond acceptors (Lipinski definition) is 6. The first-order valence-electron chi connectivity index (χ1n) is 8.31. The maximum absolute atomic E-state index is 12.2. The van der Waals surface area contributed by atoms with Crippen molar-refractivity contribution in [2.45, 2.75) is 18.7 Å². The van der Waals surface area contributed by atoms with E-state index in [1.54, 1.807) is 18.2 Å². The van der Waals surface area contributed by atoms with Crippen LogP contribution in [0, 0.1) is 13.8 Å². The van der Waals surface area contributed by atoms with Gasteiger partial charge in [-0.1, -0.05) is 17.7 Å². The average molecular weight is 372 g/mol. The number of ether oxygens (including phenoxy) is 3. The summed E-state index contributed by atoms with van der Waals surface area (Å²) in [6, 6.07) is 11.1. The molecule has 0 saturated carbocycles. The number of hydrogen-bond donors (Lipinski definition) is 0. The zero-order valence-electron chi connectivity index (χ0n) is 14.7. The van der Waals surface area contributed by atoms with Gasteiger partial charge < -0.3 is 14.2 Å². The molecule has 26 heavy (non-hydrogen) atoms. The Morgan fingerprint density at radius 1 is 1.04 bits per heavy atom. The van der Waals surface area contributed by atoms with Gasteiger partial charge in [-0.05, 0) is 43.7 Å². The highest BCUT2D eigenvalue weighted by Crippen LogP contribution is 2.31. The number of thioether (sulfide) groups is 1. The lowest BCUT2D eigenvalue weighted by Gasteiger charge is -2.18. The fourth-order valence-electron chi connectivity index (χ4n) is 2.49. The van der Waals surface area contributed by atoms with Crippen LogP contribution in [-0.4, -0.2) is 37.3 Å². The number of fused-ring (bicyclic) bond motifs is 1. The zero-order chi connectivity index (χ0) is 18.5. The first kappa shape index (κ1) is 18.3. The van der Waals surface area contributed by atoms with Crippen LogP contribution in [0.25, 0.3) is 0 Å². The van der Waals surface area contributed by atoms with Crippen molar-refractivity contribution in [1.29, 1.82) is 0 Å². The third kappa shape index (κ3) is 4.58. The van der Waals surface area contributed by atoms with Crippen LogP contribution in [0.2, 0.25) is 0 Å². The lowest BCUT2D eigenvalue weighted by atomic mass is 10.1. The average Bonchev–Trinajstić information content (AvgIpc) is 2.66. The van der Waals surface area contributed by atoms with Crippen LogP contribution in [0.15, 0.2) is 41.3 Å². The fraction of sp³-hybridized carbons (Fsp3) is 0.300. The summed E-state index contributed by atoms with van der Waals surface area (Å²) in [6.07, 6.45) is 0.